The number of amides is 1. The molecular weight excluding hydrogens is 457 g/mol. The number of thiocarbonyl (C=S) groups is 1. The van der Waals surface area contributed by atoms with Crippen molar-refractivity contribution in [3.05, 3.63) is 57.4 Å². The van der Waals surface area contributed by atoms with Crippen LogP contribution >= 0.6 is 46.8 Å². The zero-order valence-corrected chi connectivity index (χ0v) is 19.5. The molecule has 1 saturated heterocycles. The quantitative estimate of drug-likeness (QED) is 0.411. The normalized spacial score (nSPS) is 16.5. The van der Waals surface area contributed by atoms with E-state index in [9.17, 15) is 4.79 Å². The van der Waals surface area contributed by atoms with Crippen LogP contribution in [0.25, 0.3) is 10.1 Å². The molecule has 0 aliphatic carbocycles. The third-order valence-corrected chi connectivity index (χ3v) is 7.38. The van der Waals surface area contributed by atoms with Gasteiger partial charge in [0.1, 0.15) is 4.88 Å². The Morgan fingerprint density at radius 2 is 1.93 bits per heavy atom. The second kappa shape index (κ2) is 9.10. The van der Waals surface area contributed by atoms with E-state index in [-0.39, 0.29) is 11.0 Å². The van der Waals surface area contributed by atoms with Gasteiger partial charge in [0.2, 0.25) is 0 Å². The highest BCUT2D eigenvalue weighted by molar-refractivity contribution is 7.80. The Morgan fingerprint density at radius 1 is 1.17 bits per heavy atom. The van der Waals surface area contributed by atoms with Crippen LogP contribution in [0.3, 0.4) is 0 Å². The fourth-order valence-corrected chi connectivity index (χ4v) is 5.62. The monoisotopic (exact) mass is 477 g/mol. The fraction of sp³-hybridized carbons (Fsp3) is 0.273. The number of hydrogen-bond donors (Lipinski definition) is 2. The highest BCUT2D eigenvalue weighted by atomic mass is 35.5. The molecule has 1 fully saturated rings. The molecule has 1 aromatic heterocycles. The van der Waals surface area contributed by atoms with Gasteiger partial charge in [-0.1, -0.05) is 29.3 Å². The first-order valence-corrected chi connectivity index (χ1v) is 11.8. The third kappa shape index (κ3) is 4.57. The minimum Gasteiger partial charge on any atom is -0.369 e. The first-order chi connectivity index (χ1) is 14.4. The molecule has 3 aromatic rings. The number of fused-ring (bicyclic) bond motifs is 1. The van der Waals surface area contributed by atoms with Gasteiger partial charge in [-0.05, 0) is 74.8 Å². The SMILES string of the molecule is C[C@@H]1CCCCN1c1ccc(NC(=S)NC(=O)c2sc3cc(Cl)ccc3c2Cl)cc1. The van der Waals surface area contributed by atoms with Gasteiger partial charge in [-0.2, -0.15) is 0 Å². The second-order valence-electron chi connectivity index (χ2n) is 7.38. The van der Waals surface area contributed by atoms with Crippen LogP contribution < -0.4 is 15.5 Å². The van der Waals surface area contributed by atoms with Crippen LogP contribution in [0.5, 0.6) is 0 Å². The Hall–Kier alpha value is -1.86. The molecule has 1 amide bonds. The summed E-state index contributed by atoms with van der Waals surface area (Å²) in [6.45, 7) is 3.35. The summed E-state index contributed by atoms with van der Waals surface area (Å²) in [7, 11) is 0. The minimum atomic E-state index is -0.339. The average molecular weight is 478 g/mol. The topological polar surface area (TPSA) is 44.4 Å². The summed E-state index contributed by atoms with van der Waals surface area (Å²) in [5.74, 6) is -0.339. The molecule has 2 aromatic carbocycles. The predicted molar refractivity (Wildman–Crippen MR) is 133 cm³/mol. The Labute approximate surface area is 195 Å². The van der Waals surface area contributed by atoms with Gasteiger partial charge in [0, 0.05) is 39.1 Å². The van der Waals surface area contributed by atoms with Crippen LogP contribution in [0.15, 0.2) is 42.5 Å². The van der Waals surface area contributed by atoms with Crippen molar-refractivity contribution in [2.75, 3.05) is 16.8 Å². The average Bonchev–Trinajstić information content (AvgIpc) is 3.05. The van der Waals surface area contributed by atoms with Crippen LogP contribution in [0, 0.1) is 0 Å². The van der Waals surface area contributed by atoms with E-state index < -0.39 is 0 Å². The molecule has 156 valence electrons. The number of carbonyl (C=O) groups is 1. The summed E-state index contributed by atoms with van der Waals surface area (Å²) in [5, 5.41) is 7.82. The van der Waals surface area contributed by atoms with Crippen molar-refractivity contribution in [2.24, 2.45) is 0 Å². The molecule has 0 radical (unpaired) electrons. The molecule has 8 heteroatoms. The lowest BCUT2D eigenvalue weighted by Crippen LogP contribution is -2.37. The number of piperidine rings is 1. The van der Waals surface area contributed by atoms with Gasteiger partial charge in [0.15, 0.2) is 5.11 Å². The van der Waals surface area contributed by atoms with E-state index in [4.69, 9.17) is 35.4 Å². The van der Waals surface area contributed by atoms with E-state index in [1.807, 2.05) is 18.2 Å². The lowest BCUT2D eigenvalue weighted by molar-refractivity contribution is 0.0982. The lowest BCUT2D eigenvalue weighted by atomic mass is 10.0. The number of thiophene rings is 1. The van der Waals surface area contributed by atoms with Crippen molar-refractivity contribution in [1.82, 2.24) is 5.32 Å². The van der Waals surface area contributed by atoms with Gasteiger partial charge in [-0.3, -0.25) is 10.1 Å². The van der Waals surface area contributed by atoms with Crippen LogP contribution in [0.1, 0.15) is 35.9 Å². The van der Waals surface area contributed by atoms with Gasteiger partial charge >= 0.3 is 0 Å². The maximum atomic E-state index is 12.7. The van der Waals surface area contributed by atoms with Gasteiger partial charge in [0.25, 0.3) is 5.91 Å². The number of anilines is 2. The molecule has 1 atom stereocenters. The second-order valence-corrected chi connectivity index (χ2v) is 9.65. The zero-order chi connectivity index (χ0) is 21.3. The molecule has 1 aliphatic heterocycles. The highest BCUT2D eigenvalue weighted by Crippen LogP contribution is 2.36. The Morgan fingerprint density at radius 3 is 2.67 bits per heavy atom. The molecule has 2 N–H and O–H groups in total. The summed E-state index contributed by atoms with van der Waals surface area (Å²) >= 11 is 19.0. The van der Waals surface area contributed by atoms with Crippen molar-refractivity contribution in [3.8, 4) is 0 Å². The summed E-state index contributed by atoms with van der Waals surface area (Å²) in [6.07, 6.45) is 3.75. The Balaban J connectivity index is 1.41. The van der Waals surface area contributed by atoms with E-state index in [1.54, 1.807) is 12.1 Å². The summed E-state index contributed by atoms with van der Waals surface area (Å²) in [4.78, 5) is 15.5. The smallest absolute Gasteiger partial charge is 0.269 e. The van der Waals surface area contributed by atoms with Gasteiger partial charge in [-0.15, -0.1) is 11.3 Å². The van der Waals surface area contributed by atoms with Gasteiger partial charge < -0.3 is 10.2 Å². The van der Waals surface area contributed by atoms with Crippen LogP contribution in [0.2, 0.25) is 10.0 Å². The van der Waals surface area contributed by atoms with Crippen molar-refractivity contribution in [3.63, 3.8) is 0 Å². The molecule has 0 unspecified atom stereocenters. The first kappa shape index (κ1) is 21.4. The maximum absolute atomic E-state index is 12.7. The summed E-state index contributed by atoms with van der Waals surface area (Å²) in [5.41, 5.74) is 2.03. The number of rotatable bonds is 3. The predicted octanol–water partition coefficient (Wildman–Crippen LogP) is 6.71. The third-order valence-electron chi connectivity index (χ3n) is 5.28. The molecule has 4 nitrogen and oxygen atoms in total. The summed E-state index contributed by atoms with van der Waals surface area (Å²) < 4.78 is 0.860. The van der Waals surface area contributed by atoms with Crippen molar-refractivity contribution >= 4 is 79.2 Å². The number of halogens is 2. The van der Waals surface area contributed by atoms with Crippen LogP contribution in [-0.4, -0.2) is 23.6 Å². The fourth-order valence-electron chi connectivity index (χ4n) is 3.73. The molecule has 0 bridgehead atoms. The van der Waals surface area contributed by atoms with Crippen molar-refractivity contribution < 1.29 is 4.79 Å². The number of carbonyl (C=O) groups excluding carboxylic acids is 1. The van der Waals surface area contributed by atoms with E-state index in [2.05, 4.69) is 34.6 Å². The Bertz CT molecular complexity index is 1100. The molecule has 4 rings (SSSR count). The maximum Gasteiger partial charge on any atom is 0.269 e. The highest BCUT2D eigenvalue weighted by Gasteiger charge is 2.20. The Kier molecular flexibility index (Phi) is 6.48. The van der Waals surface area contributed by atoms with Crippen LogP contribution in [0.4, 0.5) is 11.4 Å². The number of nitrogens with zero attached hydrogens (tertiary/aromatic N) is 1. The summed E-state index contributed by atoms with van der Waals surface area (Å²) in [6, 6.07) is 14.0. The van der Waals surface area contributed by atoms with E-state index in [0.717, 1.165) is 22.3 Å². The lowest BCUT2D eigenvalue weighted by Gasteiger charge is -2.35. The number of nitrogens with one attached hydrogen (secondary N) is 2. The largest absolute Gasteiger partial charge is 0.369 e. The van der Waals surface area contributed by atoms with E-state index >= 15 is 0 Å². The van der Waals surface area contributed by atoms with Crippen molar-refractivity contribution in [1.29, 1.82) is 0 Å². The number of benzene rings is 2. The molecule has 1 aliphatic rings. The molecular formula is C22H21Cl2N3OS2. The number of hydrogen-bond acceptors (Lipinski definition) is 4. The van der Waals surface area contributed by atoms with E-state index in [0.29, 0.717) is 21.0 Å². The molecule has 0 spiro atoms. The molecule has 2 heterocycles. The van der Waals surface area contributed by atoms with Gasteiger partial charge in [-0.25, -0.2) is 0 Å². The minimum absolute atomic E-state index is 0.227. The molecule has 0 saturated carbocycles. The van der Waals surface area contributed by atoms with Gasteiger partial charge in [0.05, 0.1) is 5.02 Å². The molecule has 30 heavy (non-hydrogen) atoms. The zero-order valence-electron chi connectivity index (χ0n) is 16.4. The first-order valence-electron chi connectivity index (χ1n) is 9.79. The van der Waals surface area contributed by atoms with Crippen LogP contribution in [-0.2, 0) is 0 Å². The standard InChI is InChI=1S/C22H21Cl2N3OS2/c1-13-4-2-3-11-27(13)16-8-6-15(7-9-16)25-22(29)26-21(28)20-19(24)17-10-5-14(23)12-18(17)30-20/h5-10,12-13H,2-4,11H2,1H3,(H2,25,26,28,29)/t13-/m1/s1. The van der Waals surface area contributed by atoms with E-state index in [1.165, 1.54) is 36.3 Å². The van der Waals surface area contributed by atoms with Crippen molar-refractivity contribution in [2.45, 2.75) is 32.2 Å².